The van der Waals surface area contributed by atoms with Gasteiger partial charge in [0.05, 0.1) is 6.54 Å². The molecule has 6 heteroatoms. The molecule has 0 unspecified atom stereocenters. The molecule has 0 aromatic carbocycles. The zero-order chi connectivity index (χ0) is 16.7. The number of amides is 1. The average Bonchev–Trinajstić information content (AvgIpc) is 3.24. The number of rotatable bonds is 8. The first-order valence-corrected chi connectivity index (χ1v) is 8.49. The van der Waals surface area contributed by atoms with Crippen LogP contribution in [0.25, 0.3) is 0 Å². The molecule has 23 heavy (non-hydrogen) atoms. The molecular weight excluding hydrogens is 290 g/mol. The number of aromatic nitrogens is 1. The summed E-state index contributed by atoms with van der Waals surface area (Å²) in [5, 5.41) is 6.32. The third-order valence-electron chi connectivity index (χ3n) is 3.91. The van der Waals surface area contributed by atoms with E-state index in [-0.39, 0.29) is 5.91 Å². The second-order valence-corrected chi connectivity index (χ2v) is 6.15. The Kier molecular flexibility index (Phi) is 6.50. The third kappa shape index (κ3) is 5.96. The van der Waals surface area contributed by atoms with Gasteiger partial charge in [-0.2, -0.15) is 0 Å². The number of nitrogens with one attached hydrogen (secondary N) is 2. The van der Waals surface area contributed by atoms with E-state index in [4.69, 9.17) is 0 Å². The fourth-order valence-corrected chi connectivity index (χ4v) is 2.40. The molecule has 1 heterocycles. The number of aryl methyl sites for hydroxylation is 1. The van der Waals surface area contributed by atoms with E-state index in [0.717, 1.165) is 38.3 Å². The van der Waals surface area contributed by atoms with E-state index < -0.39 is 0 Å². The minimum absolute atomic E-state index is 0.157. The van der Waals surface area contributed by atoms with Gasteiger partial charge in [0.2, 0.25) is 5.91 Å². The summed E-state index contributed by atoms with van der Waals surface area (Å²) in [5.74, 6) is 1.04. The lowest BCUT2D eigenvalue weighted by molar-refractivity contribution is -0.121. The molecule has 1 saturated carbocycles. The molecule has 6 nitrogen and oxygen atoms in total. The SMILES string of the molecule is CCNC(=NCCCC(=O)NC1CC1)N(C)Cc1cccn1C. The molecule has 0 spiro atoms. The summed E-state index contributed by atoms with van der Waals surface area (Å²) >= 11 is 0. The Bertz CT molecular complexity index is 533. The summed E-state index contributed by atoms with van der Waals surface area (Å²) in [6.45, 7) is 4.36. The number of guanidine groups is 1. The average molecular weight is 319 g/mol. The highest BCUT2D eigenvalue weighted by Crippen LogP contribution is 2.18. The second-order valence-electron chi connectivity index (χ2n) is 6.15. The first kappa shape index (κ1) is 17.4. The number of hydrogen-bond acceptors (Lipinski definition) is 2. The molecule has 0 saturated heterocycles. The summed E-state index contributed by atoms with van der Waals surface area (Å²) in [5.41, 5.74) is 1.24. The molecule has 1 amide bonds. The summed E-state index contributed by atoms with van der Waals surface area (Å²) < 4.78 is 2.11. The van der Waals surface area contributed by atoms with Crippen molar-refractivity contribution >= 4 is 11.9 Å². The molecule has 1 aromatic rings. The van der Waals surface area contributed by atoms with Crippen molar-refractivity contribution < 1.29 is 4.79 Å². The minimum atomic E-state index is 0.157. The predicted molar refractivity (Wildman–Crippen MR) is 93.3 cm³/mol. The van der Waals surface area contributed by atoms with Crippen LogP contribution in [-0.2, 0) is 18.4 Å². The fourth-order valence-electron chi connectivity index (χ4n) is 2.40. The van der Waals surface area contributed by atoms with Gasteiger partial charge in [0.1, 0.15) is 0 Å². The number of nitrogens with zero attached hydrogens (tertiary/aromatic N) is 3. The van der Waals surface area contributed by atoms with Gasteiger partial charge in [-0.05, 0) is 38.3 Å². The van der Waals surface area contributed by atoms with Crippen LogP contribution in [0.15, 0.2) is 23.3 Å². The predicted octanol–water partition coefficient (Wildman–Crippen LogP) is 1.48. The van der Waals surface area contributed by atoms with E-state index in [1.54, 1.807) is 0 Å². The zero-order valence-electron chi connectivity index (χ0n) is 14.5. The van der Waals surface area contributed by atoms with Crippen LogP contribution in [0.3, 0.4) is 0 Å². The molecule has 0 bridgehead atoms. The van der Waals surface area contributed by atoms with Crippen LogP contribution < -0.4 is 10.6 Å². The summed E-state index contributed by atoms with van der Waals surface area (Å²) in [7, 11) is 4.08. The Morgan fingerprint density at radius 1 is 1.48 bits per heavy atom. The van der Waals surface area contributed by atoms with Crippen LogP contribution in [0.5, 0.6) is 0 Å². The van der Waals surface area contributed by atoms with Crippen LogP contribution in [-0.4, -0.2) is 47.5 Å². The second kappa shape index (κ2) is 8.60. The molecule has 1 aliphatic carbocycles. The number of aliphatic imine (C=N–C) groups is 1. The molecule has 2 rings (SSSR count). The Morgan fingerprint density at radius 2 is 2.26 bits per heavy atom. The van der Waals surface area contributed by atoms with Crippen LogP contribution in [0.2, 0.25) is 0 Å². The van der Waals surface area contributed by atoms with Crippen LogP contribution in [0.1, 0.15) is 38.3 Å². The van der Waals surface area contributed by atoms with Crippen molar-refractivity contribution in [1.29, 1.82) is 0 Å². The van der Waals surface area contributed by atoms with Crippen molar-refractivity contribution in [2.45, 2.75) is 45.2 Å². The van der Waals surface area contributed by atoms with Crippen LogP contribution >= 0.6 is 0 Å². The summed E-state index contributed by atoms with van der Waals surface area (Å²) in [6, 6.07) is 4.60. The largest absolute Gasteiger partial charge is 0.357 e. The van der Waals surface area contributed by atoms with E-state index in [1.807, 2.05) is 26.4 Å². The van der Waals surface area contributed by atoms with Crippen molar-refractivity contribution in [3.05, 3.63) is 24.0 Å². The highest BCUT2D eigenvalue weighted by Gasteiger charge is 2.22. The molecule has 1 aliphatic rings. The maximum absolute atomic E-state index is 11.7. The van der Waals surface area contributed by atoms with Gasteiger partial charge in [-0.1, -0.05) is 0 Å². The Labute approximate surface area is 139 Å². The summed E-state index contributed by atoms with van der Waals surface area (Å²) in [4.78, 5) is 18.4. The maximum Gasteiger partial charge on any atom is 0.220 e. The Hall–Kier alpha value is -1.98. The van der Waals surface area contributed by atoms with Crippen LogP contribution in [0, 0.1) is 0 Å². The van der Waals surface area contributed by atoms with Gasteiger partial charge in [0.25, 0.3) is 0 Å². The monoisotopic (exact) mass is 319 g/mol. The summed E-state index contributed by atoms with van der Waals surface area (Å²) in [6.07, 6.45) is 5.66. The van der Waals surface area contributed by atoms with Gasteiger partial charge in [-0.25, -0.2) is 0 Å². The van der Waals surface area contributed by atoms with Gasteiger partial charge in [0.15, 0.2) is 5.96 Å². The van der Waals surface area contributed by atoms with Gasteiger partial charge >= 0.3 is 0 Å². The van der Waals surface area contributed by atoms with Crippen molar-refractivity contribution in [3.8, 4) is 0 Å². The number of hydrogen-bond donors (Lipinski definition) is 2. The molecule has 2 N–H and O–H groups in total. The lowest BCUT2D eigenvalue weighted by atomic mass is 10.3. The van der Waals surface area contributed by atoms with E-state index in [0.29, 0.717) is 19.0 Å². The highest BCUT2D eigenvalue weighted by molar-refractivity contribution is 5.80. The maximum atomic E-state index is 11.7. The molecular formula is C17H29N5O. The number of carbonyl (C=O) groups excluding carboxylic acids is 1. The molecule has 0 radical (unpaired) electrons. The Morgan fingerprint density at radius 3 is 2.87 bits per heavy atom. The fraction of sp³-hybridized carbons (Fsp3) is 0.647. The lowest BCUT2D eigenvalue weighted by Crippen LogP contribution is -2.39. The highest BCUT2D eigenvalue weighted by atomic mass is 16.1. The minimum Gasteiger partial charge on any atom is -0.357 e. The van der Waals surface area contributed by atoms with Gasteiger partial charge < -0.3 is 20.1 Å². The molecule has 0 atom stereocenters. The van der Waals surface area contributed by atoms with E-state index in [1.165, 1.54) is 5.69 Å². The van der Waals surface area contributed by atoms with Crippen LogP contribution in [0.4, 0.5) is 0 Å². The molecule has 1 aromatic heterocycles. The molecule has 1 fully saturated rings. The van der Waals surface area contributed by atoms with Gasteiger partial charge in [-0.3, -0.25) is 9.79 Å². The van der Waals surface area contributed by atoms with E-state index in [2.05, 4.69) is 38.1 Å². The normalized spacial score (nSPS) is 14.7. The first-order valence-electron chi connectivity index (χ1n) is 8.49. The number of carbonyl (C=O) groups is 1. The van der Waals surface area contributed by atoms with Gasteiger partial charge in [-0.15, -0.1) is 0 Å². The van der Waals surface area contributed by atoms with Crippen molar-refractivity contribution in [2.24, 2.45) is 12.0 Å². The van der Waals surface area contributed by atoms with E-state index >= 15 is 0 Å². The third-order valence-corrected chi connectivity index (χ3v) is 3.91. The molecule has 128 valence electrons. The smallest absolute Gasteiger partial charge is 0.220 e. The first-order chi connectivity index (χ1) is 11.1. The van der Waals surface area contributed by atoms with Crippen molar-refractivity contribution in [1.82, 2.24) is 20.1 Å². The topological polar surface area (TPSA) is 61.7 Å². The Balaban J connectivity index is 1.78. The van der Waals surface area contributed by atoms with E-state index in [9.17, 15) is 4.79 Å². The van der Waals surface area contributed by atoms with Gasteiger partial charge in [0, 0.05) is 51.5 Å². The van der Waals surface area contributed by atoms with Crippen molar-refractivity contribution in [3.63, 3.8) is 0 Å². The standard InChI is InChI=1S/C17H29N5O/c1-4-18-17(22(3)13-15-7-6-12-21(15)2)19-11-5-8-16(23)20-14-9-10-14/h6-7,12,14H,4-5,8-11,13H2,1-3H3,(H,18,19)(H,20,23). The van der Waals surface area contributed by atoms with Crippen molar-refractivity contribution in [2.75, 3.05) is 20.1 Å². The quantitative estimate of drug-likeness (QED) is 0.433. The zero-order valence-corrected chi connectivity index (χ0v) is 14.5. The lowest BCUT2D eigenvalue weighted by Gasteiger charge is -2.22. The molecule has 0 aliphatic heterocycles.